The quantitative estimate of drug-likeness (QED) is 0.250. The van der Waals surface area contributed by atoms with Gasteiger partial charge in [-0.1, -0.05) is 32.0 Å². The number of nitrogens with one attached hydrogen (secondary N) is 2. The number of aromatic nitrogens is 5. The molecule has 45 heavy (non-hydrogen) atoms. The molecule has 1 atom stereocenters. The van der Waals surface area contributed by atoms with Crippen molar-refractivity contribution in [2.75, 3.05) is 50.5 Å². The van der Waals surface area contributed by atoms with Crippen LogP contribution in [0.25, 0.3) is 22.2 Å². The Hall–Kier alpha value is -4.39. The van der Waals surface area contributed by atoms with Gasteiger partial charge in [0.2, 0.25) is 5.95 Å². The van der Waals surface area contributed by atoms with Crippen LogP contribution in [0, 0.1) is 0 Å². The van der Waals surface area contributed by atoms with E-state index in [4.69, 9.17) is 0 Å². The number of nitrogens with zero attached hydrogens (tertiary/aromatic N) is 7. The van der Waals surface area contributed by atoms with Crippen LogP contribution < -0.4 is 15.5 Å². The molecule has 0 aliphatic carbocycles. The van der Waals surface area contributed by atoms with Gasteiger partial charge in [-0.3, -0.25) is 14.7 Å². The first kappa shape index (κ1) is 32.0. The van der Waals surface area contributed by atoms with Gasteiger partial charge in [0.15, 0.2) is 0 Å². The summed E-state index contributed by atoms with van der Waals surface area (Å²) in [7, 11) is 3.49. The molecule has 10 nitrogen and oxygen atoms in total. The number of pyridine rings is 1. The van der Waals surface area contributed by atoms with E-state index in [9.17, 15) is 18.0 Å². The number of fused-ring (bicyclic) bond motifs is 1. The van der Waals surface area contributed by atoms with Crippen LogP contribution in [-0.4, -0.2) is 88.2 Å². The molecule has 0 radical (unpaired) electrons. The number of amides is 1. The largest absolute Gasteiger partial charge is 0.401 e. The fraction of sp³-hybridized carbons (Fsp3) is 0.438. The van der Waals surface area contributed by atoms with Crippen molar-refractivity contribution in [1.82, 2.24) is 35.1 Å². The van der Waals surface area contributed by atoms with E-state index in [0.29, 0.717) is 55.5 Å². The van der Waals surface area contributed by atoms with Crippen molar-refractivity contribution in [1.29, 1.82) is 0 Å². The first-order valence-electron chi connectivity index (χ1n) is 15.0. The second kappa shape index (κ2) is 13.3. The summed E-state index contributed by atoms with van der Waals surface area (Å²) in [6.07, 6.45) is 4.41. The van der Waals surface area contributed by atoms with Crippen LogP contribution in [0.1, 0.15) is 49.0 Å². The van der Waals surface area contributed by atoms with E-state index in [1.165, 1.54) is 11.2 Å². The minimum atomic E-state index is -4.18. The van der Waals surface area contributed by atoms with Crippen molar-refractivity contribution in [2.24, 2.45) is 0 Å². The van der Waals surface area contributed by atoms with E-state index in [1.54, 1.807) is 31.7 Å². The Balaban J connectivity index is 1.27. The molecule has 0 unspecified atom stereocenters. The van der Waals surface area contributed by atoms with Crippen molar-refractivity contribution in [3.05, 3.63) is 66.4 Å². The molecular weight excluding hydrogens is 583 g/mol. The second-order valence-electron chi connectivity index (χ2n) is 11.7. The number of likely N-dealkylation sites (tertiary alicyclic amines) is 1. The highest BCUT2D eigenvalue weighted by Crippen LogP contribution is 2.34. The third kappa shape index (κ3) is 7.30. The first-order valence-corrected chi connectivity index (χ1v) is 15.0. The molecule has 0 bridgehead atoms. The maximum Gasteiger partial charge on any atom is 0.401 e. The first-order chi connectivity index (χ1) is 21.5. The van der Waals surface area contributed by atoms with Gasteiger partial charge in [0.05, 0.1) is 23.3 Å². The van der Waals surface area contributed by atoms with Crippen LogP contribution in [0.4, 0.5) is 24.9 Å². The molecule has 4 aromatic rings. The third-order valence-electron chi connectivity index (χ3n) is 8.76. The number of anilines is 2. The normalized spacial score (nSPS) is 15.9. The van der Waals surface area contributed by atoms with Gasteiger partial charge in [-0.2, -0.15) is 13.2 Å². The zero-order valence-corrected chi connectivity index (χ0v) is 25.9. The van der Waals surface area contributed by atoms with E-state index >= 15 is 0 Å². The minimum Gasteiger partial charge on any atom is -0.369 e. The summed E-state index contributed by atoms with van der Waals surface area (Å²) in [6, 6.07) is 9.58. The lowest BCUT2D eigenvalue weighted by Gasteiger charge is -2.36. The van der Waals surface area contributed by atoms with Crippen LogP contribution in [0.2, 0.25) is 0 Å². The number of halogens is 3. The molecule has 4 heterocycles. The van der Waals surface area contributed by atoms with Gasteiger partial charge in [-0.05, 0) is 30.9 Å². The SMILES string of the molecule is CC[C@](C)(CNc1cc(-c2cnc(N(C)C3CCN(CC(F)(F)F)CC3)nc2)ncn1)c1cccc2c(C(=O)NC)ccnc12. The molecule has 1 aliphatic heterocycles. The zero-order chi connectivity index (χ0) is 32.2. The number of piperidine rings is 1. The number of carbonyl (C=O) groups is 1. The molecule has 0 saturated carbocycles. The Labute approximate surface area is 260 Å². The average molecular weight is 622 g/mol. The minimum absolute atomic E-state index is 0.0652. The highest BCUT2D eigenvalue weighted by Gasteiger charge is 2.33. The molecule has 5 rings (SSSR count). The van der Waals surface area contributed by atoms with E-state index in [2.05, 4.69) is 55.5 Å². The van der Waals surface area contributed by atoms with Crippen molar-refractivity contribution < 1.29 is 18.0 Å². The predicted molar refractivity (Wildman–Crippen MR) is 168 cm³/mol. The van der Waals surface area contributed by atoms with Crippen LogP contribution in [0.15, 0.2) is 55.2 Å². The van der Waals surface area contributed by atoms with Gasteiger partial charge in [-0.15, -0.1) is 0 Å². The summed E-state index contributed by atoms with van der Waals surface area (Å²) >= 11 is 0. The molecule has 1 fully saturated rings. The lowest BCUT2D eigenvalue weighted by Crippen LogP contribution is -2.46. The Morgan fingerprint density at radius 3 is 2.47 bits per heavy atom. The highest BCUT2D eigenvalue weighted by molar-refractivity contribution is 6.06. The number of benzene rings is 1. The van der Waals surface area contributed by atoms with Gasteiger partial charge >= 0.3 is 6.18 Å². The highest BCUT2D eigenvalue weighted by atomic mass is 19.4. The van der Waals surface area contributed by atoms with Crippen molar-refractivity contribution >= 4 is 28.6 Å². The van der Waals surface area contributed by atoms with Gasteiger partial charge in [0.25, 0.3) is 5.91 Å². The fourth-order valence-electron chi connectivity index (χ4n) is 5.82. The maximum absolute atomic E-state index is 12.7. The number of hydrogen-bond acceptors (Lipinski definition) is 9. The summed E-state index contributed by atoms with van der Waals surface area (Å²) in [5.41, 5.74) is 3.47. The summed E-state index contributed by atoms with van der Waals surface area (Å²) in [5, 5.41) is 6.98. The molecule has 0 spiro atoms. The molecule has 1 aliphatic rings. The predicted octanol–water partition coefficient (Wildman–Crippen LogP) is 5.08. The molecular formula is C32H38F3N9O. The van der Waals surface area contributed by atoms with Crippen LogP contribution in [0.5, 0.6) is 0 Å². The molecule has 13 heteroatoms. The number of rotatable bonds is 10. The molecule has 3 aromatic heterocycles. The van der Waals surface area contributed by atoms with Crippen molar-refractivity contribution in [3.8, 4) is 11.3 Å². The standard InChI is InChI=1S/C32H38F3N9O/c1-5-31(2,25-8-6-7-23-24(29(45)36-3)9-12-37-28(23)25)18-40-27-15-26(41-20-42-27)21-16-38-30(39-17-21)43(4)22-10-13-44(14-11-22)19-32(33,34)35/h6-9,12,15-17,20,22H,5,10-11,13-14,18-19H2,1-4H3,(H,36,45)(H,40,41,42)/t31-/m1/s1. The van der Waals surface area contributed by atoms with E-state index in [1.807, 2.05) is 30.1 Å². The lowest BCUT2D eigenvalue weighted by molar-refractivity contribution is -0.147. The summed E-state index contributed by atoms with van der Waals surface area (Å²) in [5.74, 6) is 1.01. The third-order valence-corrected chi connectivity index (χ3v) is 8.76. The number of para-hydroxylation sites is 1. The van der Waals surface area contributed by atoms with Crippen molar-refractivity contribution in [3.63, 3.8) is 0 Å². The van der Waals surface area contributed by atoms with E-state index in [-0.39, 0.29) is 17.4 Å². The van der Waals surface area contributed by atoms with Crippen molar-refractivity contribution in [2.45, 2.75) is 50.7 Å². The van der Waals surface area contributed by atoms with Crippen LogP contribution >= 0.6 is 0 Å². The topological polar surface area (TPSA) is 112 Å². The molecule has 1 amide bonds. The maximum atomic E-state index is 12.7. The smallest absolute Gasteiger partial charge is 0.369 e. The average Bonchev–Trinajstić information content (AvgIpc) is 3.06. The Morgan fingerprint density at radius 1 is 1.07 bits per heavy atom. The molecule has 1 aromatic carbocycles. The molecule has 2 N–H and O–H groups in total. The Kier molecular flexibility index (Phi) is 9.47. The molecule has 1 saturated heterocycles. The fourth-order valence-corrected chi connectivity index (χ4v) is 5.82. The van der Waals surface area contributed by atoms with Crippen LogP contribution in [0.3, 0.4) is 0 Å². The number of carbonyl (C=O) groups excluding carboxylic acids is 1. The van der Waals surface area contributed by atoms with Gasteiger partial charge in [-0.25, -0.2) is 19.9 Å². The van der Waals surface area contributed by atoms with E-state index < -0.39 is 12.7 Å². The second-order valence-corrected chi connectivity index (χ2v) is 11.7. The Bertz CT molecular complexity index is 1620. The Morgan fingerprint density at radius 2 is 1.80 bits per heavy atom. The number of alkyl halides is 3. The lowest BCUT2D eigenvalue weighted by atomic mass is 9.78. The van der Waals surface area contributed by atoms with Crippen LogP contribution in [-0.2, 0) is 5.41 Å². The summed E-state index contributed by atoms with van der Waals surface area (Å²) in [6.45, 7) is 4.74. The zero-order valence-electron chi connectivity index (χ0n) is 25.9. The van der Waals surface area contributed by atoms with Gasteiger partial charge < -0.3 is 15.5 Å². The van der Waals surface area contributed by atoms with Gasteiger partial charge in [0, 0.05) is 80.8 Å². The molecule has 238 valence electrons. The summed E-state index contributed by atoms with van der Waals surface area (Å²) < 4.78 is 38.2. The number of hydrogen-bond donors (Lipinski definition) is 2. The van der Waals surface area contributed by atoms with Gasteiger partial charge in [0.1, 0.15) is 12.1 Å². The van der Waals surface area contributed by atoms with E-state index in [0.717, 1.165) is 28.5 Å². The summed E-state index contributed by atoms with van der Waals surface area (Å²) in [4.78, 5) is 38.4. The monoisotopic (exact) mass is 621 g/mol.